The molecular formula is C31H26. The molecule has 0 N–H and O–H groups in total. The maximum absolute atomic E-state index is 4.18. The van der Waals surface area contributed by atoms with Crippen LogP contribution in [0.25, 0.3) is 23.3 Å². The lowest BCUT2D eigenvalue weighted by Crippen LogP contribution is -2.11. The van der Waals surface area contributed by atoms with Gasteiger partial charge < -0.3 is 0 Å². The molecule has 2 unspecified atom stereocenters. The molecule has 0 aromatic heterocycles. The van der Waals surface area contributed by atoms with E-state index in [1.807, 2.05) is 0 Å². The molecule has 2 bridgehead atoms. The lowest BCUT2D eigenvalue weighted by atomic mass is 9.75. The second kappa shape index (κ2) is 8.62. The SMILES string of the molecule is C=CC1CC(c2ccccc2)c2ccccc2-c2cc1ccc2/C=C/c1ccccc1. The van der Waals surface area contributed by atoms with Crippen molar-refractivity contribution < 1.29 is 0 Å². The van der Waals surface area contributed by atoms with Gasteiger partial charge in [0.05, 0.1) is 0 Å². The van der Waals surface area contributed by atoms with Gasteiger partial charge in [-0.15, -0.1) is 6.58 Å². The maximum Gasteiger partial charge on any atom is 0.0104 e. The Bertz CT molecular complexity index is 1220. The maximum atomic E-state index is 4.18. The van der Waals surface area contributed by atoms with Crippen molar-refractivity contribution in [2.75, 3.05) is 0 Å². The molecule has 150 valence electrons. The fourth-order valence-electron chi connectivity index (χ4n) is 4.73. The Balaban J connectivity index is 1.69. The van der Waals surface area contributed by atoms with Gasteiger partial charge in [0.25, 0.3) is 0 Å². The Morgan fingerprint density at radius 2 is 1.35 bits per heavy atom. The van der Waals surface area contributed by atoms with Crippen molar-refractivity contribution in [1.29, 1.82) is 0 Å². The first-order valence-corrected chi connectivity index (χ1v) is 11.0. The van der Waals surface area contributed by atoms with Crippen LogP contribution in [0.2, 0.25) is 0 Å². The van der Waals surface area contributed by atoms with Gasteiger partial charge in [-0.2, -0.15) is 0 Å². The van der Waals surface area contributed by atoms with Gasteiger partial charge in [0, 0.05) is 11.8 Å². The van der Waals surface area contributed by atoms with Gasteiger partial charge in [-0.3, -0.25) is 0 Å². The summed E-state index contributed by atoms with van der Waals surface area (Å²) in [5.41, 5.74) is 9.19. The molecule has 2 atom stereocenters. The molecule has 1 aliphatic rings. The molecule has 0 nitrogen and oxygen atoms in total. The van der Waals surface area contributed by atoms with Crippen molar-refractivity contribution >= 4 is 12.2 Å². The van der Waals surface area contributed by atoms with Crippen LogP contribution in [-0.4, -0.2) is 0 Å². The van der Waals surface area contributed by atoms with Gasteiger partial charge in [-0.05, 0) is 51.4 Å². The highest BCUT2D eigenvalue weighted by Gasteiger charge is 2.25. The zero-order chi connectivity index (χ0) is 21.0. The Kier molecular flexibility index (Phi) is 5.37. The molecule has 0 fully saturated rings. The van der Waals surface area contributed by atoms with Gasteiger partial charge in [0.2, 0.25) is 0 Å². The van der Waals surface area contributed by atoms with Crippen LogP contribution in [0.1, 0.15) is 46.1 Å². The van der Waals surface area contributed by atoms with E-state index in [9.17, 15) is 0 Å². The fraction of sp³-hybridized carbons (Fsp3) is 0.0968. The van der Waals surface area contributed by atoms with E-state index in [0.717, 1.165) is 6.42 Å². The van der Waals surface area contributed by atoms with E-state index < -0.39 is 0 Å². The normalized spacial score (nSPS) is 17.5. The number of allylic oxidation sites excluding steroid dienone is 1. The minimum Gasteiger partial charge on any atom is -0.102 e. The third-order valence-electron chi connectivity index (χ3n) is 6.36. The van der Waals surface area contributed by atoms with Gasteiger partial charge in [0.15, 0.2) is 0 Å². The first-order chi connectivity index (χ1) is 15.3. The molecule has 0 aliphatic heterocycles. The highest BCUT2D eigenvalue weighted by atomic mass is 14.3. The summed E-state index contributed by atoms with van der Waals surface area (Å²) < 4.78 is 0. The number of hydrogen-bond acceptors (Lipinski definition) is 0. The van der Waals surface area contributed by atoms with Crippen LogP contribution >= 0.6 is 0 Å². The summed E-state index contributed by atoms with van der Waals surface area (Å²) in [7, 11) is 0. The summed E-state index contributed by atoms with van der Waals surface area (Å²) in [5.74, 6) is 0.661. The van der Waals surface area contributed by atoms with Crippen molar-refractivity contribution in [2.45, 2.75) is 18.3 Å². The van der Waals surface area contributed by atoms with Crippen LogP contribution in [0.4, 0.5) is 0 Å². The average molecular weight is 399 g/mol. The first kappa shape index (κ1) is 19.3. The van der Waals surface area contributed by atoms with E-state index in [0.29, 0.717) is 11.8 Å². The van der Waals surface area contributed by atoms with Gasteiger partial charge in [0.1, 0.15) is 0 Å². The Labute approximate surface area is 185 Å². The van der Waals surface area contributed by atoms with E-state index in [1.165, 1.54) is 38.9 Å². The second-order valence-corrected chi connectivity index (χ2v) is 8.22. The van der Waals surface area contributed by atoms with Crippen molar-refractivity contribution in [3.8, 4) is 11.1 Å². The molecule has 0 heterocycles. The summed E-state index contributed by atoms with van der Waals surface area (Å²) in [6.07, 6.45) is 7.59. The first-order valence-electron chi connectivity index (χ1n) is 11.0. The van der Waals surface area contributed by atoms with E-state index >= 15 is 0 Å². The zero-order valence-corrected chi connectivity index (χ0v) is 17.6. The molecule has 1 aliphatic carbocycles. The van der Waals surface area contributed by atoms with Crippen LogP contribution in [0.15, 0.2) is 116 Å². The van der Waals surface area contributed by atoms with Crippen molar-refractivity contribution in [2.24, 2.45) is 0 Å². The molecule has 0 radical (unpaired) electrons. The highest BCUT2D eigenvalue weighted by Crippen LogP contribution is 2.44. The second-order valence-electron chi connectivity index (χ2n) is 8.22. The third-order valence-corrected chi connectivity index (χ3v) is 6.36. The van der Waals surface area contributed by atoms with E-state index in [-0.39, 0.29) is 0 Å². The van der Waals surface area contributed by atoms with E-state index in [4.69, 9.17) is 0 Å². The minimum atomic E-state index is 0.324. The Hall–Kier alpha value is -3.64. The lowest BCUT2D eigenvalue weighted by Gasteiger charge is -2.29. The number of benzene rings is 4. The molecular weight excluding hydrogens is 372 g/mol. The van der Waals surface area contributed by atoms with Gasteiger partial charge >= 0.3 is 0 Å². The monoisotopic (exact) mass is 398 g/mol. The molecule has 0 spiro atoms. The number of hydrogen-bond donors (Lipinski definition) is 0. The molecule has 4 aromatic rings. The molecule has 0 heteroatoms. The molecule has 4 aromatic carbocycles. The fourth-order valence-corrected chi connectivity index (χ4v) is 4.73. The number of fused-ring (bicyclic) bond motifs is 4. The summed E-state index contributed by atoms with van der Waals surface area (Å²) in [6.45, 7) is 4.18. The molecule has 0 saturated carbocycles. The van der Waals surface area contributed by atoms with Gasteiger partial charge in [-0.25, -0.2) is 0 Å². The van der Waals surface area contributed by atoms with Crippen LogP contribution in [0.5, 0.6) is 0 Å². The summed E-state index contributed by atoms with van der Waals surface area (Å²) in [4.78, 5) is 0. The molecule has 5 rings (SSSR count). The predicted octanol–water partition coefficient (Wildman–Crippen LogP) is 8.33. The summed E-state index contributed by atoms with van der Waals surface area (Å²) in [6, 6.07) is 37.2. The molecule has 31 heavy (non-hydrogen) atoms. The molecule has 0 saturated heterocycles. The third kappa shape index (κ3) is 3.90. The van der Waals surface area contributed by atoms with Gasteiger partial charge in [-0.1, -0.05) is 115 Å². The van der Waals surface area contributed by atoms with Crippen LogP contribution in [0.3, 0.4) is 0 Å². The standard InChI is InChI=1S/C31H26/c1-2-24-21-30(25-13-7-4-8-14-25)28-15-9-10-16-29(28)31-22-27(24)20-19-26(31)18-17-23-11-5-3-6-12-23/h2-20,22,24,30H,1,21H2/b18-17+. The predicted molar refractivity (Wildman–Crippen MR) is 133 cm³/mol. The smallest absolute Gasteiger partial charge is 0.0104 e. The highest BCUT2D eigenvalue weighted by molar-refractivity contribution is 5.83. The minimum absolute atomic E-state index is 0.324. The van der Waals surface area contributed by atoms with Crippen LogP contribution in [0, 0.1) is 0 Å². The quantitative estimate of drug-likeness (QED) is 0.239. The van der Waals surface area contributed by atoms with Crippen molar-refractivity contribution in [3.63, 3.8) is 0 Å². The number of rotatable bonds is 4. The summed E-state index contributed by atoms with van der Waals surface area (Å²) >= 11 is 0. The summed E-state index contributed by atoms with van der Waals surface area (Å²) in [5, 5.41) is 0. The van der Waals surface area contributed by atoms with E-state index in [2.05, 4.69) is 128 Å². The topological polar surface area (TPSA) is 0 Å². The van der Waals surface area contributed by atoms with Crippen molar-refractivity contribution in [3.05, 3.63) is 144 Å². The lowest BCUT2D eigenvalue weighted by molar-refractivity contribution is 0.656. The van der Waals surface area contributed by atoms with Crippen LogP contribution < -0.4 is 0 Å². The van der Waals surface area contributed by atoms with E-state index in [1.54, 1.807) is 0 Å². The Morgan fingerprint density at radius 1 is 0.645 bits per heavy atom. The largest absolute Gasteiger partial charge is 0.102 e. The zero-order valence-electron chi connectivity index (χ0n) is 17.6. The van der Waals surface area contributed by atoms with Crippen molar-refractivity contribution in [1.82, 2.24) is 0 Å². The molecule has 0 amide bonds. The Morgan fingerprint density at radius 3 is 2.13 bits per heavy atom. The van der Waals surface area contributed by atoms with Crippen LogP contribution in [-0.2, 0) is 0 Å². The average Bonchev–Trinajstić information content (AvgIpc) is 2.84.